The summed E-state index contributed by atoms with van der Waals surface area (Å²) in [5.74, 6) is 0.402. The Hall–Kier alpha value is -1.73. The highest BCUT2D eigenvalue weighted by atomic mass is 32.2. The number of morpholine rings is 1. The van der Waals surface area contributed by atoms with Gasteiger partial charge in [-0.1, -0.05) is 48.5 Å². The molecule has 2 unspecified atom stereocenters. The lowest BCUT2D eigenvalue weighted by molar-refractivity contribution is 0.0229. The molecule has 2 atom stereocenters. The summed E-state index contributed by atoms with van der Waals surface area (Å²) in [5, 5.41) is 0. The molecule has 5 nitrogen and oxygen atoms in total. The highest BCUT2D eigenvalue weighted by molar-refractivity contribution is 7.89. The Morgan fingerprint density at radius 2 is 1.67 bits per heavy atom. The van der Waals surface area contributed by atoms with Gasteiger partial charge in [0.15, 0.2) is 0 Å². The third kappa shape index (κ3) is 3.94. The third-order valence-corrected chi connectivity index (χ3v) is 7.37. The van der Waals surface area contributed by atoms with Gasteiger partial charge in [-0.15, -0.1) is 0 Å². The van der Waals surface area contributed by atoms with Crippen molar-refractivity contribution in [3.05, 3.63) is 54.6 Å². The van der Waals surface area contributed by atoms with Crippen LogP contribution < -0.4 is 0 Å². The molecule has 0 spiro atoms. The van der Waals surface area contributed by atoms with Crippen LogP contribution in [0.4, 0.5) is 0 Å². The summed E-state index contributed by atoms with van der Waals surface area (Å²) in [6.07, 6.45) is 1.78. The molecule has 0 bridgehead atoms. The average molecular weight is 388 g/mol. The fraction of sp³-hybridized carbons (Fsp3) is 0.429. The minimum absolute atomic E-state index is 0.140. The molecule has 0 amide bonds. The highest BCUT2D eigenvalue weighted by Gasteiger charge is 2.37. The Morgan fingerprint density at radius 3 is 2.44 bits per heavy atom. The van der Waals surface area contributed by atoms with Gasteiger partial charge in [0.05, 0.1) is 18.1 Å². The van der Waals surface area contributed by atoms with E-state index in [-0.39, 0.29) is 6.04 Å². The first kappa shape index (κ1) is 18.6. The Labute approximate surface area is 161 Å². The Bertz CT molecular complexity index is 863. The summed E-state index contributed by atoms with van der Waals surface area (Å²) in [4.78, 5) is 0.366. The zero-order valence-electron chi connectivity index (χ0n) is 15.3. The van der Waals surface area contributed by atoms with Gasteiger partial charge in [0.1, 0.15) is 0 Å². The first-order valence-corrected chi connectivity index (χ1v) is 10.9. The van der Waals surface area contributed by atoms with Crippen LogP contribution in [-0.2, 0) is 19.5 Å². The molecule has 2 saturated heterocycles. The molecule has 2 aliphatic heterocycles. The van der Waals surface area contributed by atoms with Crippen LogP contribution in [0.25, 0.3) is 11.1 Å². The molecule has 27 heavy (non-hydrogen) atoms. The van der Waals surface area contributed by atoms with Crippen LogP contribution in [0.3, 0.4) is 0 Å². The van der Waals surface area contributed by atoms with Gasteiger partial charge < -0.3 is 9.47 Å². The number of ether oxygens (including phenoxy) is 2. The summed E-state index contributed by atoms with van der Waals surface area (Å²) < 4.78 is 40.0. The molecule has 2 heterocycles. The maximum Gasteiger partial charge on any atom is 0.244 e. The standard InChI is InChI=1S/C21H25NO4S/c23-27(24,21-9-5-4-8-20(21)18-6-2-1-3-7-18)22-11-13-26-16-19(22)14-17-10-12-25-15-17/h1-9,17,19H,10-16H2. The molecule has 144 valence electrons. The molecule has 2 aromatic rings. The summed E-state index contributed by atoms with van der Waals surface area (Å²) in [5.41, 5.74) is 1.65. The van der Waals surface area contributed by atoms with E-state index < -0.39 is 10.0 Å². The topological polar surface area (TPSA) is 55.8 Å². The zero-order valence-corrected chi connectivity index (χ0v) is 16.1. The monoisotopic (exact) mass is 387 g/mol. The Kier molecular flexibility index (Phi) is 5.59. The molecule has 0 radical (unpaired) electrons. The summed E-state index contributed by atoms with van der Waals surface area (Å²) >= 11 is 0. The number of hydrogen-bond acceptors (Lipinski definition) is 4. The van der Waals surface area contributed by atoms with Crippen molar-refractivity contribution in [3.63, 3.8) is 0 Å². The van der Waals surface area contributed by atoms with Crippen LogP contribution in [0.5, 0.6) is 0 Å². The average Bonchev–Trinajstić information content (AvgIpc) is 3.22. The van der Waals surface area contributed by atoms with Gasteiger partial charge in [-0.3, -0.25) is 0 Å². The second kappa shape index (κ2) is 8.10. The van der Waals surface area contributed by atoms with Gasteiger partial charge in [0.2, 0.25) is 10.0 Å². The van der Waals surface area contributed by atoms with Crippen molar-refractivity contribution in [1.82, 2.24) is 4.31 Å². The van der Waals surface area contributed by atoms with E-state index in [1.165, 1.54) is 0 Å². The van der Waals surface area contributed by atoms with Gasteiger partial charge in [-0.25, -0.2) is 8.42 Å². The molecular weight excluding hydrogens is 362 g/mol. The van der Waals surface area contributed by atoms with Gasteiger partial charge >= 0.3 is 0 Å². The molecular formula is C21H25NO4S. The summed E-state index contributed by atoms with van der Waals surface area (Å²) in [6.45, 7) is 2.75. The SMILES string of the molecule is O=S(=O)(c1ccccc1-c1ccccc1)N1CCOCC1CC1CCOC1. The van der Waals surface area contributed by atoms with E-state index >= 15 is 0 Å². The smallest absolute Gasteiger partial charge is 0.244 e. The fourth-order valence-electron chi connectivity index (χ4n) is 3.97. The van der Waals surface area contributed by atoms with Crippen molar-refractivity contribution in [2.45, 2.75) is 23.8 Å². The molecule has 0 saturated carbocycles. The van der Waals surface area contributed by atoms with E-state index in [1.54, 1.807) is 16.4 Å². The minimum atomic E-state index is -3.62. The number of rotatable bonds is 5. The molecule has 0 aliphatic carbocycles. The first-order valence-electron chi connectivity index (χ1n) is 9.48. The van der Waals surface area contributed by atoms with Crippen LogP contribution in [0.1, 0.15) is 12.8 Å². The van der Waals surface area contributed by atoms with E-state index in [9.17, 15) is 8.42 Å². The predicted octanol–water partition coefficient (Wildman–Crippen LogP) is 3.17. The first-order chi connectivity index (χ1) is 13.2. The van der Waals surface area contributed by atoms with E-state index in [0.29, 0.717) is 37.2 Å². The molecule has 2 aliphatic rings. The number of nitrogens with zero attached hydrogens (tertiary/aromatic N) is 1. The molecule has 2 aromatic carbocycles. The van der Waals surface area contributed by atoms with Crippen molar-refractivity contribution in [3.8, 4) is 11.1 Å². The Balaban J connectivity index is 1.67. The number of sulfonamides is 1. The molecule has 0 N–H and O–H groups in total. The van der Waals surface area contributed by atoms with Crippen LogP contribution in [0.15, 0.2) is 59.5 Å². The van der Waals surface area contributed by atoms with Gasteiger partial charge in [-0.05, 0) is 30.4 Å². The lowest BCUT2D eigenvalue weighted by Crippen LogP contribution is -2.49. The maximum atomic E-state index is 13.6. The fourth-order valence-corrected chi connectivity index (χ4v) is 5.79. The predicted molar refractivity (Wildman–Crippen MR) is 104 cm³/mol. The van der Waals surface area contributed by atoms with Crippen molar-refractivity contribution < 1.29 is 17.9 Å². The van der Waals surface area contributed by atoms with Crippen LogP contribution in [0.2, 0.25) is 0 Å². The molecule has 2 fully saturated rings. The quantitative estimate of drug-likeness (QED) is 0.791. The van der Waals surface area contributed by atoms with Crippen molar-refractivity contribution in [2.24, 2.45) is 5.92 Å². The normalized spacial score (nSPS) is 24.1. The zero-order chi connectivity index (χ0) is 18.7. The second-order valence-corrected chi connectivity index (χ2v) is 9.03. The molecule has 4 rings (SSSR count). The number of benzene rings is 2. The van der Waals surface area contributed by atoms with E-state index in [0.717, 1.165) is 30.6 Å². The van der Waals surface area contributed by atoms with E-state index in [1.807, 2.05) is 42.5 Å². The lowest BCUT2D eigenvalue weighted by atomic mass is 9.99. The van der Waals surface area contributed by atoms with Crippen LogP contribution >= 0.6 is 0 Å². The van der Waals surface area contributed by atoms with Gasteiger partial charge in [0.25, 0.3) is 0 Å². The highest BCUT2D eigenvalue weighted by Crippen LogP contribution is 2.32. The second-order valence-electron chi connectivity index (χ2n) is 7.17. The van der Waals surface area contributed by atoms with Crippen LogP contribution in [-0.4, -0.2) is 51.7 Å². The van der Waals surface area contributed by atoms with Gasteiger partial charge in [0, 0.05) is 31.4 Å². The Morgan fingerprint density at radius 1 is 0.926 bits per heavy atom. The van der Waals surface area contributed by atoms with Gasteiger partial charge in [-0.2, -0.15) is 4.31 Å². The summed E-state index contributed by atoms with van der Waals surface area (Å²) in [6, 6.07) is 16.8. The van der Waals surface area contributed by atoms with E-state index in [2.05, 4.69) is 0 Å². The van der Waals surface area contributed by atoms with E-state index in [4.69, 9.17) is 9.47 Å². The minimum Gasteiger partial charge on any atom is -0.381 e. The maximum absolute atomic E-state index is 13.6. The molecule has 6 heteroatoms. The van der Waals surface area contributed by atoms with Crippen molar-refractivity contribution in [1.29, 1.82) is 0 Å². The molecule has 0 aromatic heterocycles. The largest absolute Gasteiger partial charge is 0.381 e. The van der Waals surface area contributed by atoms with Crippen molar-refractivity contribution >= 4 is 10.0 Å². The summed E-state index contributed by atoms with van der Waals surface area (Å²) in [7, 11) is -3.62. The third-order valence-electron chi connectivity index (χ3n) is 5.36. The number of hydrogen-bond donors (Lipinski definition) is 0. The lowest BCUT2D eigenvalue weighted by Gasteiger charge is -2.36. The van der Waals surface area contributed by atoms with Crippen LogP contribution in [0, 0.1) is 5.92 Å². The van der Waals surface area contributed by atoms with Crippen molar-refractivity contribution in [2.75, 3.05) is 33.0 Å².